The molecular weight excluding hydrogens is 462 g/mol. The third-order valence-corrected chi connectivity index (χ3v) is 9.08. The number of rotatable bonds is 7. The Morgan fingerprint density at radius 3 is 2.23 bits per heavy atom. The zero-order valence-corrected chi connectivity index (χ0v) is 21.2. The minimum Gasteiger partial charge on any atom is -0.325 e. The second kappa shape index (κ2) is 11.5. The molecule has 2 heterocycles. The highest BCUT2D eigenvalue weighted by Crippen LogP contribution is 2.26. The van der Waals surface area contributed by atoms with Gasteiger partial charge in [-0.2, -0.15) is 4.31 Å². The molecule has 0 spiro atoms. The van der Waals surface area contributed by atoms with E-state index in [0.29, 0.717) is 37.4 Å². The van der Waals surface area contributed by atoms with Crippen LogP contribution in [-0.2, 0) is 14.8 Å². The molecule has 2 aromatic rings. The van der Waals surface area contributed by atoms with Gasteiger partial charge in [0.2, 0.25) is 15.9 Å². The SMILES string of the molecule is Cc1ccc(NC(=O)CN2CCC(C(=O)c3ccccc3)CC2)cc1S(=O)(=O)N1CCCCCC1. The van der Waals surface area contributed by atoms with Crippen LogP contribution in [0.4, 0.5) is 5.69 Å². The van der Waals surface area contributed by atoms with E-state index in [2.05, 4.69) is 5.32 Å². The number of benzene rings is 2. The molecule has 2 aliphatic rings. The average Bonchev–Trinajstić information content (AvgIpc) is 3.16. The third kappa shape index (κ3) is 6.37. The van der Waals surface area contributed by atoms with Crippen LogP contribution in [0, 0.1) is 12.8 Å². The molecule has 35 heavy (non-hydrogen) atoms. The van der Waals surface area contributed by atoms with E-state index in [9.17, 15) is 18.0 Å². The summed E-state index contributed by atoms with van der Waals surface area (Å²) in [5.41, 5.74) is 1.91. The van der Waals surface area contributed by atoms with Crippen molar-refractivity contribution in [1.82, 2.24) is 9.21 Å². The Hall–Kier alpha value is -2.55. The number of ketones is 1. The fourth-order valence-electron chi connectivity index (χ4n) is 4.97. The van der Waals surface area contributed by atoms with Gasteiger partial charge in [-0.1, -0.05) is 49.2 Å². The number of hydrogen-bond donors (Lipinski definition) is 1. The number of piperidine rings is 1. The maximum absolute atomic E-state index is 13.3. The molecular formula is C27H35N3O4S. The van der Waals surface area contributed by atoms with Crippen molar-refractivity contribution in [3.63, 3.8) is 0 Å². The first kappa shape index (κ1) is 25.5. The lowest BCUT2D eigenvalue weighted by atomic mass is 9.89. The lowest BCUT2D eigenvalue weighted by molar-refractivity contribution is -0.117. The van der Waals surface area contributed by atoms with Crippen molar-refractivity contribution in [3.8, 4) is 0 Å². The van der Waals surface area contributed by atoms with Crippen LogP contribution in [0.5, 0.6) is 0 Å². The number of nitrogens with zero attached hydrogens (tertiary/aromatic N) is 2. The first-order valence-electron chi connectivity index (χ1n) is 12.6. The molecule has 2 saturated heterocycles. The largest absolute Gasteiger partial charge is 0.325 e. The van der Waals surface area contributed by atoms with Gasteiger partial charge < -0.3 is 5.32 Å². The number of carbonyl (C=O) groups is 2. The summed E-state index contributed by atoms with van der Waals surface area (Å²) in [6.07, 6.45) is 5.32. The van der Waals surface area contributed by atoms with Crippen molar-refractivity contribution in [2.75, 3.05) is 38.0 Å². The molecule has 0 aromatic heterocycles. The van der Waals surface area contributed by atoms with Crippen molar-refractivity contribution in [2.24, 2.45) is 5.92 Å². The van der Waals surface area contributed by atoms with Crippen LogP contribution in [0.25, 0.3) is 0 Å². The van der Waals surface area contributed by atoms with Gasteiger partial charge >= 0.3 is 0 Å². The summed E-state index contributed by atoms with van der Waals surface area (Å²) in [7, 11) is -3.60. The molecule has 1 N–H and O–H groups in total. The van der Waals surface area contributed by atoms with Crippen molar-refractivity contribution >= 4 is 27.4 Å². The Labute approximate surface area is 208 Å². The molecule has 2 aromatic carbocycles. The number of likely N-dealkylation sites (tertiary alicyclic amines) is 1. The van der Waals surface area contributed by atoms with Crippen molar-refractivity contribution in [3.05, 3.63) is 59.7 Å². The van der Waals surface area contributed by atoms with E-state index in [1.807, 2.05) is 35.2 Å². The minimum absolute atomic E-state index is 0.0134. The molecule has 0 unspecified atom stereocenters. The lowest BCUT2D eigenvalue weighted by Crippen LogP contribution is -2.40. The van der Waals surface area contributed by atoms with Gasteiger partial charge in [0.15, 0.2) is 5.78 Å². The molecule has 0 aliphatic carbocycles. The van der Waals surface area contributed by atoms with Gasteiger partial charge in [-0.25, -0.2) is 8.42 Å². The predicted molar refractivity (Wildman–Crippen MR) is 137 cm³/mol. The van der Waals surface area contributed by atoms with E-state index in [4.69, 9.17) is 0 Å². The second-order valence-corrected chi connectivity index (χ2v) is 11.5. The number of sulfonamides is 1. The summed E-state index contributed by atoms with van der Waals surface area (Å²) in [5, 5.41) is 2.87. The summed E-state index contributed by atoms with van der Waals surface area (Å²) >= 11 is 0. The first-order chi connectivity index (χ1) is 16.8. The molecule has 2 aliphatic heterocycles. The highest BCUT2D eigenvalue weighted by molar-refractivity contribution is 7.89. The van der Waals surface area contributed by atoms with E-state index in [-0.39, 0.29) is 29.0 Å². The smallest absolute Gasteiger partial charge is 0.243 e. The van der Waals surface area contributed by atoms with Gasteiger partial charge in [0, 0.05) is 30.3 Å². The summed E-state index contributed by atoms with van der Waals surface area (Å²) in [6, 6.07) is 14.4. The van der Waals surface area contributed by atoms with E-state index in [1.54, 1.807) is 29.4 Å². The summed E-state index contributed by atoms with van der Waals surface area (Å²) in [6.45, 7) is 4.45. The van der Waals surface area contributed by atoms with Crippen LogP contribution in [0.15, 0.2) is 53.4 Å². The second-order valence-electron chi connectivity index (χ2n) is 9.63. The number of anilines is 1. The predicted octanol–water partition coefficient (Wildman–Crippen LogP) is 4.09. The Kier molecular flexibility index (Phi) is 8.36. The molecule has 188 valence electrons. The molecule has 7 nitrogen and oxygen atoms in total. The molecule has 0 radical (unpaired) electrons. The van der Waals surface area contributed by atoms with Crippen LogP contribution < -0.4 is 5.32 Å². The Morgan fingerprint density at radius 1 is 0.914 bits per heavy atom. The van der Waals surface area contributed by atoms with Gasteiger partial charge in [-0.3, -0.25) is 14.5 Å². The fraction of sp³-hybridized carbons (Fsp3) is 0.481. The highest BCUT2D eigenvalue weighted by Gasteiger charge is 2.28. The zero-order chi connectivity index (χ0) is 24.8. The number of Topliss-reactive ketones (excluding diaryl/α,β-unsaturated/α-hetero) is 1. The molecule has 0 atom stereocenters. The van der Waals surface area contributed by atoms with E-state index in [1.165, 1.54) is 0 Å². The fourth-order valence-corrected chi connectivity index (χ4v) is 6.74. The molecule has 0 bridgehead atoms. The summed E-state index contributed by atoms with van der Waals surface area (Å²) < 4.78 is 28.1. The van der Waals surface area contributed by atoms with E-state index in [0.717, 1.165) is 44.1 Å². The van der Waals surface area contributed by atoms with Crippen molar-refractivity contribution in [2.45, 2.75) is 50.3 Å². The number of amides is 1. The average molecular weight is 498 g/mol. The molecule has 8 heteroatoms. The monoisotopic (exact) mass is 497 g/mol. The molecule has 1 amide bonds. The normalized spacial score (nSPS) is 18.7. The molecule has 4 rings (SSSR count). The van der Waals surface area contributed by atoms with Gasteiger partial charge in [-0.05, 0) is 63.4 Å². The quantitative estimate of drug-likeness (QED) is 0.582. The number of carbonyl (C=O) groups excluding carboxylic acids is 2. The Bertz CT molecular complexity index is 1130. The van der Waals surface area contributed by atoms with E-state index < -0.39 is 10.0 Å². The Morgan fingerprint density at radius 2 is 1.57 bits per heavy atom. The number of aryl methyl sites for hydroxylation is 1. The maximum atomic E-state index is 13.3. The molecule has 2 fully saturated rings. The molecule has 0 saturated carbocycles. The number of hydrogen-bond acceptors (Lipinski definition) is 5. The zero-order valence-electron chi connectivity index (χ0n) is 20.4. The number of nitrogens with one attached hydrogen (secondary N) is 1. The van der Waals surface area contributed by atoms with Gasteiger partial charge in [0.25, 0.3) is 0 Å². The first-order valence-corrected chi connectivity index (χ1v) is 14.0. The highest BCUT2D eigenvalue weighted by atomic mass is 32.2. The lowest BCUT2D eigenvalue weighted by Gasteiger charge is -2.30. The maximum Gasteiger partial charge on any atom is 0.243 e. The minimum atomic E-state index is -3.60. The van der Waals surface area contributed by atoms with Crippen LogP contribution in [-0.4, -0.2) is 62.0 Å². The summed E-state index contributed by atoms with van der Waals surface area (Å²) in [5.74, 6) is -0.0205. The standard InChI is InChI=1S/C27H35N3O4S/c1-21-11-12-24(19-25(21)35(33,34)30-15-7-2-3-8-16-30)28-26(31)20-29-17-13-23(14-18-29)27(32)22-9-5-4-6-10-22/h4-6,9-12,19,23H,2-3,7-8,13-18,20H2,1H3,(H,28,31). The van der Waals surface area contributed by atoms with Crippen LogP contribution in [0.3, 0.4) is 0 Å². The summed E-state index contributed by atoms with van der Waals surface area (Å²) in [4.78, 5) is 27.7. The van der Waals surface area contributed by atoms with Crippen LogP contribution >= 0.6 is 0 Å². The van der Waals surface area contributed by atoms with Crippen molar-refractivity contribution < 1.29 is 18.0 Å². The van der Waals surface area contributed by atoms with Crippen molar-refractivity contribution in [1.29, 1.82) is 0 Å². The van der Waals surface area contributed by atoms with Gasteiger partial charge in [0.05, 0.1) is 11.4 Å². The third-order valence-electron chi connectivity index (χ3n) is 7.04. The van der Waals surface area contributed by atoms with Crippen LogP contribution in [0.2, 0.25) is 0 Å². The van der Waals surface area contributed by atoms with Gasteiger partial charge in [-0.15, -0.1) is 0 Å². The van der Waals surface area contributed by atoms with Crippen LogP contribution in [0.1, 0.15) is 54.4 Å². The van der Waals surface area contributed by atoms with E-state index >= 15 is 0 Å². The Balaban J connectivity index is 1.34. The topological polar surface area (TPSA) is 86.8 Å². The van der Waals surface area contributed by atoms with Gasteiger partial charge in [0.1, 0.15) is 0 Å².